The van der Waals surface area contributed by atoms with Crippen LogP contribution in [0.1, 0.15) is 6.92 Å². The molecule has 9 heteroatoms. The molecular formula is C13H16O9. The summed E-state index contributed by atoms with van der Waals surface area (Å²) in [5, 5.41) is 28.3. The van der Waals surface area contributed by atoms with E-state index in [4.69, 9.17) is 0 Å². The number of rotatable bonds is 8. The molecule has 1 unspecified atom stereocenters. The topological polar surface area (TPSA) is 140 Å². The van der Waals surface area contributed by atoms with Crippen LogP contribution in [0.15, 0.2) is 38.0 Å². The lowest BCUT2D eigenvalue weighted by Crippen LogP contribution is -2.66. The van der Waals surface area contributed by atoms with E-state index in [0.29, 0.717) is 18.2 Å². The maximum absolute atomic E-state index is 11.4. The molecule has 0 aliphatic carbocycles. The van der Waals surface area contributed by atoms with Crippen molar-refractivity contribution in [2.45, 2.75) is 24.8 Å². The van der Waals surface area contributed by atoms with Crippen LogP contribution in [0.3, 0.4) is 0 Å². The van der Waals surface area contributed by atoms with E-state index in [9.17, 15) is 29.7 Å². The maximum atomic E-state index is 11.4. The number of hydrogen-bond donors (Lipinski definition) is 3. The van der Waals surface area contributed by atoms with Gasteiger partial charge in [-0.25, -0.2) is 14.4 Å². The van der Waals surface area contributed by atoms with Gasteiger partial charge in [0.2, 0.25) is 0 Å². The summed E-state index contributed by atoms with van der Waals surface area (Å²) in [5.74, 6) is -10.8. The lowest BCUT2D eigenvalue weighted by molar-refractivity contribution is -0.458. The fourth-order valence-electron chi connectivity index (χ4n) is 1.28. The fraction of sp³-hybridized carbons (Fsp3) is 0.308. The quantitative estimate of drug-likeness (QED) is 0.289. The molecule has 0 aliphatic rings. The standard InChI is InChI=1S/C13H16O9/c1-5-9(14)20-8(4)12(13(17,18)19,21-10(15)6-2)22-11(16)7-3/h5-8,17-19H,1-3H2,4H3. The molecule has 0 bridgehead atoms. The van der Waals surface area contributed by atoms with Gasteiger partial charge in [-0.15, -0.1) is 0 Å². The third-order valence-electron chi connectivity index (χ3n) is 2.30. The van der Waals surface area contributed by atoms with Crippen molar-refractivity contribution in [3.05, 3.63) is 38.0 Å². The molecule has 22 heavy (non-hydrogen) atoms. The minimum Gasteiger partial charge on any atom is -0.451 e. The van der Waals surface area contributed by atoms with Crippen molar-refractivity contribution in [2.24, 2.45) is 0 Å². The first-order chi connectivity index (χ1) is 10.0. The molecule has 0 aromatic carbocycles. The van der Waals surface area contributed by atoms with Crippen LogP contribution in [0.2, 0.25) is 0 Å². The second kappa shape index (κ2) is 7.50. The van der Waals surface area contributed by atoms with Gasteiger partial charge < -0.3 is 29.5 Å². The van der Waals surface area contributed by atoms with Crippen molar-refractivity contribution in [1.29, 1.82) is 0 Å². The van der Waals surface area contributed by atoms with Crippen LogP contribution in [-0.2, 0) is 28.6 Å². The van der Waals surface area contributed by atoms with E-state index in [2.05, 4.69) is 33.9 Å². The number of hydrogen-bond acceptors (Lipinski definition) is 9. The third kappa shape index (κ3) is 4.52. The van der Waals surface area contributed by atoms with E-state index in [1.165, 1.54) is 0 Å². The fourth-order valence-corrected chi connectivity index (χ4v) is 1.28. The van der Waals surface area contributed by atoms with E-state index < -0.39 is 35.8 Å². The Bertz CT molecular complexity index is 464. The molecule has 0 aromatic rings. The van der Waals surface area contributed by atoms with Gasteiger partial charge in [0, 0.05) is 18.2 Å². The summed E-state index contributed by atoms with van der Waals surface area (Å²) in [6.07, 6.45) is 0.0413. The van der Waals surface area contributed by atoms with Crippen molar-refractivity contribution in [2.75, 3.05) is 0 Å². The minimum atomic E-state index is -3.91. The van der Waals surface area contributed by atoms with Crippen LogP contribution in [0.5, 0.6) is 0 Å². The van der Waals surface area contributed by atoms with Crippen LogP contribution < -0.4 is 0 Å². The molecule has 0 saturated heterocycles. The van der Waals surface area contributed by atoms with Gasteiger partial charge in [0.25, 0.3) is 0 Å². The second-order valence-electron chi connectivity index (χ2n) is 3.84. The molecule has 9 nitrogen and oxygen atoms in total. The summed E-state index contributed by atoms with van der Waals surface area (Å²) in [7, 11) is 0. The Balaban J connectivity index is 5.92. The van der Waals surface area contributed by atoms with Gasteiger partial charge in [0.1, 0.15) is 0 Å². The molecule has 0 aliphatic heterocycles. The Kier molecular flexibility index (Phi) is 6.65. The molecule has 0 saturated carbocycles. The summed E-state index contributed by atoms with van der Waals surface area (Å²) >= 11 is 0. The van der Waals surface area contributed by atoms with Gasteiger partial charge in [-0.05, 0) is 6.92 Å². The zero-order valence-electron chi connectivity index (χ0n) is 11.7. The van der Waals surface area contributed by atoms with Crippen LogP contribution >= 0.6 is 0 Å². The number of esters is 3. The van der Waals surface area contributed by atoms with Crippen LogP contribution in [0.4, 0.5) is 0 Å². The van der Waals surface area contributed by atoms with Crippen LogP contribution in [0.25, 0.3) is 0 Å². The molecule has 0 aromatic heterocycles. The molecule has 0 heterocycles. The van der Waals surface area contributed by atoms with E-state index in [-0.39, 0.29) is 0 Å². The molecule has 0 rings (SSSR count). The normalized spacial score (nSPS) is 12.5. The zero-order chi connectivity index (χ0) is 17.6. The minimum absolute atomic E-state index is 0.588. The first-order valence-electron chi connectivity index (χ1n) is 5.75. The molecule has 0 radical (unpaired) electrons. The Morgan fingerprint density at radius 2 is 1.27 bits per heavy atom. The highest BCUT2D eigenvalue weighted by Crippen LogP contribution is 2.31. The Labute approximate surface area is 125 Å². The highest BCUT2D eigenvalue weighted by atomic mass is 16.8. The first kappa shape index (κ1) is 19.5. The molecule has 0 amide bonds. The SMILES string of the molecule is C=CC(=O)OC(C)C(OC(=O)C=C)(OC(=O)C=C)C(O)(O)O. The van der Waals surface area contributed by atoms with Gasteiger partial charge in [-0.3, -0.25) is 0 Å². The molecule has 3 N–H and O–H groups in total. The smallest absolute Gasteiger partial charge is 0.376 e. The van der Waals surface area contributed by atoms with Crippen LogP contribution in [-0.4, -0.2) is 51.1 Å². The number of carbonyl (C=O) groups is 3. The van der Waals surface area contributed by atoms with Crippen molar-refractivity contribution >= 4 is 17.9 Å². The number of aliphatic hydroxyl groups is 3. The van der Waals surface area contributed by atoms with Crippen molar-refractivity contribution in [3.63, 3.8) is 0 Å². The predicted molar refractivity (Wildman–Crippen MR) is 70.4 cm³/mol. The lowest BCUT2D eigenvalue weighted by atomic mass is 10.1. The van der Waals surface area contributed by atoms with E-state index in [1.807, 2.05) is 0 Å². The summed E-state index contributed by atoms with van der Waals surface area (Å²) in [6.45, 7) is 10.2. The van der Waals surface area contributed by atoms with Crippen molar-refractivity contribution in [3.8, 4) is 0 Å². The first-order valence-corrected chi connectivity index (χ1v) is 5.75. The van der Waals surface area contributed by atoms with Crippen molar-refractivity contribution in [1.82, 2.24) is 0 Å². The number of carbonyl (C=O) groups excluding carboxylic acids is 3. The zero-order valence-corrected chi connectivity index (χ0v) is 11.7. The highest BCUT2D eigenvalue weighted by Gasteiger charge is 2.62. The monoisotopic (exact) mass is 316 g/mol. The number of ether oxygens (including phenoxy) is 3. The summed E-state index contributed by atoms with van der Waals surface area (Å²) < 4.78 is 13.7. The summed E-state index contributed by atoms with van der Waals surface area (Å²) in [5.41, 5.74) is 0. The Morgan fingerprint density at radius 1 is 0.909 bits per heavy atom. The average Bonchev–Trinajstić information content (AvgIpc) is 2.44. The Hall–Kier alpha value is -2.49. The van der Waals surface area contributed by atoms with E-state index in [0.717, 1.165) is 6.92 Å². The molecular weight excluding hydrogens is 300 g/mol. The van der Waals surface area contributed by atoms with Gasteiger partial charge >= 0.3 is 29.7 Å². The highest BCUT2D eigenvalue weighted by molar-refractivity contribution is 5.84. The molecule has 0 spiro atoms. The second-order valence-corrected chi connectivity index (χ2v) is 3.84. The summed E-state index contributed by atoms with van der Waals surface area (Å²) in [6, 6.07) is 0. The molecule has 0 fully saturated rings. The van der Waals surface area contributed by atoms with E-state index in [1.54, 1.807) is 0 Å². The van der Waals surface area contributed by atoms with Crippen LogP contribution in [0, 0.1) is 0 Å². The maximum Gasteiger partial charge on any atom is 0.376 e. The molecule has 1 atom stereocenters. The third-order valence-corrected chi connectivity index (χ3v) is 2.30. The largest absolute Gasteiger partial charge is 0.451 e. The van der Waals surface area contributed by atoms with Gasteiger partial charge in [0.05, 0.1) is 0 Å². The predicted octanol–water partition coefficient (Wildman–Crippen LogP) is -1.11. The van der Waals surface area contributed by atoms with Gasteiger partial charge in [-0.1, -0.05) is 19.7 Å². The lowest BCUT2D eigenvalue weighted by Gasteiger charge is -2.40. The van der Waals surface area contributed by atoms with Gasteiger partial charge in [0.15, 0.2) is 6.10 Å². The van der Waals surface area contributed by atoms with Gasteiger partial charge in [-0.2, -0.15) is 0 Å². The van der Waals surface area contributed by atoms with Crippen molar-refractivity contribution < 1.29 is 43.9 Å². The average molecular weight is 316 g/mol. The molecule has 122 valence electrons. The van der Waals surface area contributed by atoms with E-state index >= 15 is 0 Å². The summed E-state index contributed by atoms with van der Waals surface area (Å²) in [4.78, 5) is 33.9. The Morgan fingerprint density at radius 3 is 1.55 bits per heavy atom.